The molecule has 30 heavy (non-hydrogen) atoms. The van der Waals surface area contributed by atoms with Crippen molar-refractivity contribution in [3.63, 3.8) is 0 Å². The Morgan fingerprint density at radius 3 is 2.33 bits per heavy atom. The monoisotopic (exact) mass is 395 g/mol. The molecule has 1 aromatic heterocycles. The molecule has 0 amide bonds. The van der Waals surface area contributed by atoms with Gasteiger partial charge in [-0.05, 0) is 40.3 Å². The summed E-state index contributed by atoms with van der Waals surface area (Å²) in [6.45, 7) is 2.75. The maximum absolute atomic E-state index is 12.9. The summed E-state index contributed by atoms with van der Waals surface area (Å²) in [6.07, 6.45) is 0.894. The number of fused-ring (bicyclic) bond motifs is 4. The van der Waals surface area contributed by atoms with E-state index in [2.05, 4.69) is 53.4 Å². The standard InChI is InChI=1S/C26H21NO3/c28-24-16-25(27-11-13-29-14-12-27)30-26-21(9-4-10-22(24)26)20-8-3-7-19-18-6-2-1-5-17(18)15-23(19)20/h1-10,16H,11-15H2. The minimum atomic E-state index is -0.00421. The fourth-order valence-electron chi connectivity index (χ4n) is 4.73. The number of hydrogen-bond acceptors (Lipinski definition) is 4. The highest BCUT2D eigenvalue weighted by Gasteiger charge is 2.23. The molecule has 1 aliphatic carbocycles. The Morgan fingerprint density at radius 2 is 1.47 bits per heavy atom. The molecule has 4 heteroatoms. The lowest BCUT2D eigenvalue weighted by molar-refractivity contribution is 0.121. The summed E-state index contributed by atoms with van der Waals surface area (Å²) in [4.78, 5) is 15.0. The molecule has 0 saturated carbocycles. The summed E-state index contributed by atoms with van der Waals surface area (Å²) in [5.41, 5.74) is 7.98. The van der Waals surface area contributed by atoms with Crippen molar-refractivity contribution in [3.8, 4) is 22.3 Å². The molecular formula is C26H21NO3. The van der Waals surface area contributed by atoms with Crippen LogP contribution in [0.2, 0.25) is 0 Å². The Hall–Kier alpha value is -3.37. The van der Waals surface area contributed by atoms with Crippen LogP contribution in [0.1, 0.15) is 11.1 Å². The van der Waals surface area contributed by atoms with Crippen molar-refractivity contribution in [1.82, 2.24) is 0 Å². The molecule has 1 saturated heterocycles. The molecule has 2 aliphatic rings. The van der Waals surface area contributed by atoms with Crippen molar-refractivity contribution >= 4 is 16.9 Å². The molecule has 4 nitrogen and oxygen atoms in total. The predicted molar refractivity (Wildman–Crippen MR) is 119 cm³/mol. The SMILES string of the molecule is O=c1cc(N2CCOCC2)oc2c(-c3cccc4c3Cc3ccccc3-4)cccc12. The number of rotatable bonds is 2. The highest BCUT2D eigenvalue weighted by Crippen LogP contribution is 2.43. The van der Waals surface area contributed by atoms with Gasteiger partial charge in [0.1, 0.15) is 5.58 Å². The third kappa shape index (κ3) is 2.68. The Balaban J connectivity index is 1.56. The zero-order valence-corrected chi connectivity index (χ0v) is 16.6. The van der Waals surface area contributed by atoms with Gasteiger partial charge in [-0.2, -0.15) is 0 Å². The summed E-state index contributed by atoms with van der Waals surface area (Å²) in [7, 11) is 0. The maximum atomic E-state index is 12.9. The van der Waals surface area contributed by atoms with Gasteiger partial charge >= 0.3 is 0 Å². The molecule has 4 aromatic rings. The quantitative estimate of drug-likeness (QED) is 0.428. The average molecular weight is 395 g/mol. The molecule has 0 N–H and O–H groups in total. The van der Waals surface area contributed by atoms with Crippen LogP contribution >= 0.6 is 0 Å². The normalized spacial score (nSPS) is 15.3. The average Bonchev–Trinajstić information content (AvgIpc) is 3.18. The highest BCUT2D eigenvalue weighted by molar-refractivity contribution is 5.96. The van der Waals surface area contributed by atoms with Gasteiger partial charge in [-0.1, -0.05) is 54.6 Å². The van der Waals surface area contributed by atoms with Crippen molar-refractivity contribution in [2.45, 2.75) is 6.42 Å². The summed E-state index contributed by atoms with van der Waals surface area (Å²) < 4.78 is 11.8. The minimum absolute atomic E-state index is 0.00421. The van der Waals surface area contributed by atoms with Crippen LogP contribution in [0.3, 0.4) is 0 Å². The number of hydrogen-bond donors (Lipinski definition) is 0. The van der Waals surface area contributed by atoms with Crippen LogP contribution in [-0.2, 0) is 11.2 Å². The van der Waals surface area contributed by atoms with Crippen LogP contribution in [0.5, 0.6) is 0 Å². The van der Waals surface area contributed by atoms with E-state index < -0.39 is 0 Å². The molecular weight excluding hydrogens is 374 g/mol. The van der Waals surface area contributed by atoms with E-state index in [1.54, 1.807) is 6.07 Å². The van der Waals surface area contributed by atoms with Gasteiger partial charge in [0.05, 0.1) is 18.6 Å². The number of nitrogens with zero attached hydrogens (tertiary/aromatic N) is 1. The first-order chi connectivity index (χ1) is 14.8. The molecule has 1 fully saturated rings. The fraction of sp³-hybridized carbons (Fsp3) is 0.192. The van der Waals surface area contributed by atoms with Crippen molar-refractivity contribution in [3.05, 3.63) is 88.1 Å². The van der Waals surface area contributed by atoms with Crippen molar-refractivity contribution in [2.75, 3.05) is 31.2 Å². The van der Waals surface area contributed by atoms with Gasteiger partial charge in [-0.3, -0.25) is 4.79 Å². The molecule has 0 radical (unpaired) electrons. The molecule has 0 unspecified atom stereocenters. The van der Waals surface area contributed by atoms with E-state index in [9.17, 15) is 4.79 Å². The Bertz CT molecular complexity index is 1330. The van der Waals surface area contributed by atoms with E-state index in [-0.39, 0.29) is 5.43 Å². The molecule has 6 rings (SSSR count). The third-order valence-electron chi connectivity index (χ3n) is 6.21. The minimum Gasteiger partial charge on any atom is -0.440 e. The summed E-state index contributed by atoms with van der Waals surface area (Å²) >= 11 is 0. The van der Waals surface area contributed by atoms with Crippen molar-refractivity contribution in [1.29, 1.82) is 0 Å². The van der Waals surface area contributed by atoms with Gasteiger partial charge < -0.3 is 14.1 Å². The number of morpholine rings is 1. The van der Waals surface area contributed by atoms with Gasteiger partial charge in [0.25, 0.3) is 0 Å². The summed E-state index contributed by atoms with van der Waals surface area (Å²) in [5.74, 6) is 0.624. The second-order valence-corrected chi connectivity index (χ2v) is 7.90. The summed E-state index contributed by atoms with van der Waals surface area (Å²) in [6, 6.07) is 22.5. The third-order valence-corrected chi connectivity index (χ3v) is 6.21. The van der Waals surface area contributed by atoms with Gasteiger partial charge in [-0.25, -0.2) is 0 Å². The van der Waals surface area contributed by atoms with Crippen LogP contribution < -0.4 is 10.3 Å². The van der Waals surface area contributed by atoms with Crippen molar-refractivity contribution in [2.24, 2.45) is 0 Å². The first kappa shape index (κ1) is 17.5. The second kappa shape index (κ2) is 6.85. The van der Waals surface area contributed by atoms with Crippen LogP contribution in [0.15, 0.2) is 75.9 Å². The predicted octanol–water partition coefficient (Wildman–Crippen LogP) is 4.87. The van der Waals surface area contributed by atoms with Gasteiger partial charge in [0.15, 0.2) is 11.3 Å². The molecule has 0 bridgehead atoms. The van der Waals surface area contributed by atoms with E-state index in [1.807, 2.05) is 12.1 Å². The molecule has 1 aliphatic heterocycles. The lowest BCUT2D eigenvalue weighted by Crippen LogP contribution is -2.36. The number of benzene rings is 3. The van der Waals surface area contributed by atoms with E-state index in [4.69, 9.17) is 9.15 Å². The molecule has 2 heterocycles. The zero-order valence-electron chi connectivity index (χ0n) is 16.6. The molecule has 148 valence electrons. The van der Waals surface area contributed by atoms with E-state index in [0.29, 0.717) is 30.1 Å². The topological polar surface area (TPSA) is 42.7 Å². The number of para-hydroxylation sites is 1. The van der Waals surface area contributed by atoms with Gasteiger partial charge in [0, 0.05) is 24.7 Å². The molecule has 3 aromatic carbocycles. The van der Waals surface area contributed by atoms with Crippen LogP contribution in [0.4, 0.5) is 5.88 Å². The lowest BCUT2D eigenvalue weighted by atomic mass is 9.94. The van der Waals surface area contributed by atoms with Gasteiger partial charge in [-0.15, -0.1) is 0 Å². The summed E-state index contributed by atoms with van der Waals surface area (Å²) in [5, 5.41) is 0.623. The second-order valence-electron chi connectivity index (χ2n) is 7.90. The van der Waals surface area contributed by atoms with E-state index in [1.165, 1.54) is 22.3 Å². The highest BCUT2D eigenvalue weighted by atomic mass is 16.5. The smallest absolute Gasteiger partial charge is 0.200 e. The van der Waals surface area contributed by atoms with Gasteiger partial charge in [0.2, 0.25) is 0 Å². The van der Waals surface area contributed by atoms with Crippen LogP contribution in [-0.4, -0.2) is 26.3 Å². The lowest BCUT2D eigenvalue weighted by Gasteiger charge is -2.27. The van der Waals surface area contributed by atoms with Crippen LogP contribution in [0, 0.1) is 0 Å². The molecule has 0 atom stereocenters. The zero-order chi connectivity index (χ0) is 20.1. The number of anilines is 1. The van der Waals surface area contributed by atoms with E-state index >= 15 is 0 Å². The molecule has 0 spiro atoms. The Labute approximate surface area is 174 Å². The van der Waals surface area contributed by atoms with E-state index in [0.717, 1.165) is 30.6 Å². The Kier molecular flexibility index (Phi) is 3.99. The largest absolute Gasteiger partial charge is 0.440 e. The first-order valence-corrected chi connectivity index (χ1v) is 10.4. The van der Waals surface area contributed by atoms with Crippen molar-refractivity contribution < 1.29 is 9.15 Å². The number of ether oxygens (including phenoxy) is 1. The maximum Gasteiger partial charge on any atom is 0.200 e. The Morgan fingerprint density at radius 1 is 0.767 bits per heavy atom. The van der Waals surface area contributed by atoms with Crippen LogP contribution in [0.25, 0.3) is 33.2 Å². The fourth-order valence-corrected chi connectivity index (χ4v) is 4.73. The first-order valence-electron chi connectivity index (χ1n) is 10.4.